The van der Waals surface area contributed by atoms with Crippen molar-refractivity contribution >= 4 is 0 Å². The molecule has 0 aliphatic heterocycles. The van der Waals surface area contributed by atoms with Gasteiger partial charge in [0.1, 0.15) is 0 Å². The zero-order chi connectivity index (χ0) is 15.1. The minimum atomic E-state index is 0.398. The summed E-state index contributed by atoms with van der Waals surface area (Å²) in [4.78, 5) is 2.20. The third-order valence-corrected chi connectivity index (χ3v) is 3.36. The molecule has 0 aliphatic rings. The lowest BCUT2D eigenvalue weighted by molar-refractivity contribution is 0.291. The molecular weight excluding hydrogens is 254 g/mol. The Hall–Kier alpha value is -1.68. The van der Waals surface area contributed by atoms with Gasteiger partial charge in [0, 0.05) is 6.04 Å². The van der Waals surface area contributed by atoms with Crippen LogP contribution in [0.25, 0.3) is 0 Å². The van der Waals surface area contributed by atoms with Gasteiger partial charge in [-0.15, -0.1) is 6.58 Å². The van der Waals surface area contributed by atoms with Gasteiger partial charge in [-0.3, -0.25) is 0 Å². The number of methoxy groups -OCH3 is 3. The van der Waals surface area contributed by atoms with Crippen LogP contribution in [0.15, 0.2) is 24.8 Å². The normalized spacial score (nSPS) is 12.1. The molecule has 0 bridgehead atoms. The Bertz CT molecular complexity index is 418. The first kappa shape index (κ1) is 16.4. The lowest BCUT2D eigenvalue weighted by Gasteiger charge is -2.24. The molecule has 1 aromatic carbocycles. The average molecular weight is 279 g/mol. The maximum absolute atomic E-state index is 5.38. The summed E-state index contributed by atoms with van der Waals surface area (Å²) in [5.41, 5.74) is 1.15. The van der Waals surface area contributed by atoms with E-state index in [1.165, 1.54) is 0 Å². The van der Waals surface area contributed by atoms with Crippen LogP contribution in [0.3, 0.4) is 0 Å². The van der Waals surface area contributed by atoms with E-state index in [9.17, 15) is 0 Å². The topological polar surface area (TPSA) is 30.9 Å². The van der Waals surface area contributed by atoms with E-state index < -0.39 is 0 Å². The smallest absolute Gasteiger partial charge is 0.203 e. The molecule has 0 heterocycles. The quantitative estimate of drug-likeness (QED) is 0.685. The number of likely N-dealkylation sites (N-methyl/N-ethyl adjacent to an activating group) is 1. The highest BCUT2D eigenvalue weighted by molar-refractivity contribution is 5.54. The largest absolute Gasteiger partial charge is 0.493 e. The zero-order valence-corrected chi connectivity index (χ0v) is 13.1. The van der Waals surface area contributed by atoms with Crippen molar-refractivity contribution in [2.24, 2.45) is 0 Å². The van der Waals surface area contributed by atoms with E-state index >= 15 is 0 Å². The van der Waals surface area contributed by atoms with Crippen molar-refractivity contribution in [1.29, 1.82) is 0 Å². The standard InChI is InChI=1S/C16H25NO3/c1-7-8-13(17(2)3)9-12-10-14(18-4)16(20-6)15(11-12)19-5/h7,10-11,13H,1,8-9H2,2-6H3/t13-/m0/s1. The molecule has 0 saturated heterocycles. The van der Waals surface area contributed by atoms with Crippen LogP contribution in [-0.2, 0) is 6.42 Å². The minimum Gasteiger partial charge on any atom is -0.493 e. The first-order chi connectivity index (χ1) is 9.57. The highest BCUT2D eigenvalue weighted by Crippen LogP contribution is 2.38. The second kappa shape index (κ2) is 7.80. The lowest BCUT2D eigenvalue weighted by Crippen LogP contribution is -2.29. The molecule has 0 amide bonds. The van der Waals surface area contributed by atoms with E-state index in [2.05, 4.69) is 25.6 Å². The Morgan fingerprint density at radius 3 is 2.00 bits per heavy atom. The maximum Gasteiger partial charge on any atom is 0.203 e. The van der Waals surface area contributed by atoms with Crippen molar-refractivity contribution in [2.75, 3.05) is 35.4 Å². The highest BCUT2D eigenvalue weighted by Gasteiger charge is 2.16. The SMILES string of the molecule is C=CC[C@@H](Cc1cc(OC)c(OC)c(OC)c1)N(C)C. The molecule has 0 aromatic heterocycles. The van der Waals surface area contributed by atoms with Gasteiger partial charge in [0.15, 0.2) is 11.5 Å². The molecule has 0 unspecified atom stereocenters. The number of benzene rings is 1. The zero-order valence-electron chi connectivity index (χ0n) is 13.1. The molecule has 20 heavy (non-hydrogen) atoms. The molecule has 0 fully saturated rings. The summed E-state index contributed by atoms with van der Waals surface area (Å²) in [6, 6.07) is 4.40. The van der Waals surface area contributed by atoms with Crippen LogP contribution in [0, 0.1) is 0 Å². The van der Waals surface area contributed by atoms with E-state index in [0.717, 1.165) is 18.4 Å². The molecular formula is C16H25NO3. The van der Waals surface area contributed by atoms with Crippen molar-refractivity contribution < 1.29 is 14.2 Å². The second-order valence-electron chi connectivity index (χ2n) is 4.88. The van der Waals surface area contributed by atoms with E-state index in [0.29, 0.717) is 23.3 Å². The Labute approximate surface area is 121 Å². The van der Waals surface area contributed by atoms with Crippen LogP contribution >= 0.6 is 0 Å². The summed E-state index contributed by atoms with van der Waals surface area (Å²) >= 11 is 0. The number of nitrogens with zero attached hydrogens (tertiary/aromatic N) is 1. The van der Waals surface area contributed by atoms with Gasteiger partial charge in [-0.25, -0.2) is 0 Å². The Balaban J connectivity index is 3.08. The molecule has 0 aliphatic carbocycles. The van der Waals surface area contributed by atoms with Crippen molar-refractivity contribution in [1.82, 2.24) is 4.90 Å². The van der Waals surface area contributed by atoms with Gasteiger partial charge in [0.25, 0.3) is 0 Å². The van der Waals surface area contributed by atoms with E-state index in [4.69, 9.17) is 14.2 Å². The first-order valence-corrected chi connectivity index (χ1v) is 6.63. The first-order valence-electron chi connectivity index (χ1n) is 6.63. The van der Waals surface area contributed by atoms with Gasteiger partial charge in [-0.05, 0) is 44.6 Å². The van der Waals surface area contributed by atoms with Crippen molar-refractivity contribution in [3.05, 3.63) is 30.4 Å². The van der Waals surface area contributed by atoms with Crippen LogP contribution in [0.1, 0.15) is 12.0 Å². The molecule has 0 spiro atoms. The average Bonchev–Trinajstić information content (AvgIpc) is 2.45. The number of ether oxygens (including phenoxy) is 3. The van der Waals surface area contributed by atoms with Crippen LogP contribution in [0.4, 0.5) is 0 Å². The number of rotatable bonds is 8. The fourth-order valence-corrected chi connectivity index (χ4v) is 2.19. The van der Waals surface area contributed by atoms with E-state index in [1.54, 1.807) is 21.3 Å². The molecule has 4 nitrogen and oxygen atoms in total. The Morgan fingerprint density at radius 1 is 1.10 bits per heavy atom. The fraction of sp³-hybridized carbons (Fsp3) is 0.500. The van der Waals surface area contributed by atoms with Gasteiger partial charge >= 0.3 is 0 Å². The number of hydrogen-bond acceptors (Lipinski definition) is 4. The summed E-state index contributed by atoms with van der Waals surface area (Å²) in [5, 5.41) is 0. The summed E-state index contributed by atoms with van der Waals surface area (Å²) in [6.07, 6.45) is 3.78. The molecule has 1 aromatic rings. The van der Waals surface area contributed by atoms with Crippen LogP contribution in [0.5, 0.6) is 17.2 Å². The predicted octanol–water partition coefficient (Wildman–Crippen LogP) is 2.76. The van der Waals surface area contributed by atoms with Gasteiger partial charge in [0.2, 0.25) is 5.75 Å². The summed E-state index contributed by atoms with van der Waals surface area (Å²) in [5.74, 6) is 2.01. The highest BCUT2D eigenvalue weighted by atomic mass is 16.5. The predicted molar refractivity (Wildman–Crippen MR) is 82.1 cm³/mol. The summed E-state index contributed by atoms with van der Waals surface area (Å²) in [7, 11) is 9.03. The van der Waals surface area contributed by atoms with Gasteiger partial charge < -0.3 is 19.1 Å². The molecule has 112 valence electrons. The Kier molecular flexibility index (Phi) is 6.39. The van der Waals surface area contributed by atoms with Gasteiger partial charge in [-0.1, -0.05) is 6.08 Å². The molecule has 1 atom stereocenters. The lowest BCUT2D eigenvalue weighted by atomic mass is 10.0. The van der Waals surface area contributed by atoms with E-state index in [1.807, 2.05) is 18.2 Å². The maximum atomic E-state index is 5.38. The van der Waals surface area contributed by atoms with Crippen LogP contribution in [0.2, 0.25) is 0 Å². The molecule has 4 heteroatoms. The van der Waals surface area contributed by atoms with Crippen LogP contribution < -0.4 is 14.2 Å². The Morgan fingerprint density at radius 2 is 1.65 bits per heavy atom. The monoisotopic (exact) mass is 279 g/mol. The second-order valence-corrected chi connectivity index (χ2v) is 4.88. The molecule has 1 rings (SSSR count). The molecule has 0 radical (unpaired) electrons. The van der Waals surface area contributed by atoms with Crippen LogP contribution in [-0.4, -0.2) is 46.4 Å². The molecule has 0 N–H and O–H groups in total. The fourth-order valence-electron chi connectivity index (χ4n) is 2.19. The van der Waals surface area contributed by atoms with Gasteiger partial charge in [-0.2, -0.15) is 0 Å². The van der Waals surface area contributed by atoms with Crippen molar-refractivity contribution in [2.45, 2.75) is 18.9 Å². The van der Waals surface area contributed by atoms with Gasteiger partial charge in [0.05, 0.1) is 21.3 Å². The third kappa shape index (κ3) is 3.90. The summed E-state index contributed by atoms with van der Waals surface area (Å²) < 4.78 is 16.1. The molecule has 0 saturated carbocycles. The van der Waals surface area contributed by atoms with Crippen molar-refractivity contribution in [3.63, 3.8) is 0 Å². The third-order valence-electron chi connectivity index (χ3n) is 3.36. The van der Waals surface area contributed by atoms with Crippen molar-refractivity contribution in [3.8, 4) is 17.2 Å². The summed E-state index contributed by atoms with van der Waals surface area (Å²) in [6.45, 7) is 3.82. The van der Waals surface area contributed by atoms with E-state index in [-0.39, 0.29) is 0 Å². The number of hydrogen-bond donors (Lipinski definition) is 0. The minimum absolute atomic E-state index is 0.398.